The molecule has 0 saturated carbocycles. The summed E-state index contributed by atoms with van der Waals surface area (Å²) < 4.78 is 1.95. The lowest BCUT2D eigenvalue weighted by Gasteiger charge is -2.24. The third kappa shape index (κ3) is 3.42. The van der Waals surface area contributed by atoms with Crippen LogP contribution in [-0.4, -0.2) is 42.6 Å². The van der Waals surface area contributed by atoms with Gasteiger partial charge in [-0.1, -0.05) is 0 Å². The lowest BCUT2D eigenvalue weighted by molar-refractivity contribution is -0.199. The number of hydroxylamine groups is 2. The monoisotopic (exact) mass is 318 g/mol. The molecule has 124 valence electrons. The molecule has 1 atom stereocenters. The van der Waals surface area contributed by atoms with Crippen LogP contribution in [0.3, 0.4) is 0 Å². The molecule has 3 heterocycles. The third-order valence-electron chi connectivity index (χ3n) is 3.54. The number of hydrogen-bond acceptors (Lipinski definition) is 7. The molecule has 0 bridgehead atoms. The molecule has 1 aliphatic heterocycles. The molecular formula is C15H22N6O2. The van der Waals surface area contributed by atoms with E-state index in [4.69, 9.17) is 4.84 Å². The standard InChI is InChI=1S/C15H22N6O2/c1-10(22)23-21-7-5-6-12(21)20-9-17-11-8-16-14(18-13(11)20)19-15(2,3)4/h8-9,12H,5-7H2,1-4H3,(H,16,18,19)/t12-/m0/s1. The van der Waals surface area contributed by atoms with Gasteiger partial charge >= 0.3 is 5.97 Å². The molecule has 3 rings (SSSR count). The van der Waals surface area contributed by atoms with E-state index in [9.17, 15) is 4.79 Å². The van der Waals surface area contributed by atoms with Gasteiger partial charge < -0.3 is 10.2 Å². The first-order valence-corrected chi connectivity index (χ1v) is 7.76. The van der Waals surface area contributed by atoms with Crippen LogP contribution < -0.4 is 5.32 Å². The topological polar surface area (TPSA) is 85.2 Å². The molecule has 8 nitrogen and oxygen atoms in total. The second kappa shape index (κ2) is 5.77. The second-order valence-electron chi connectivity index (χ2n) is 6.78. The van der Waals surface area contributed by atoms with Crippen LogP contribution in [0.1, 0.15) is 46.7 Å². The summed E-state index contributed by atoms with van der Waals surface area (Å²) in [4.78, 5) is 29.8. The van der Waals surface area contributed by atoms with Crippen molar-refractivity contribution < 1.29 is 9.63 Å². The van der Waals surface area contributed by atoms with Gasteiger partial charge in [-0.25, -0.2) is 9.97 Å². The quantitative estimate of drug-likeness (QED) is 0.927. The minimum atomic E-state index is -0.314. The van der Waals surface area contributed by atoms with Crippen molar-refractivity contribution in [3.05, 3.63) is 12.5 Å². The number of rotatable bonds is 3. The average molecular weight is 318 g/mol. The van der Waals surface area contributed by atoms with Gasteiger partial charge in [-0.15, -0.1) is 5.06 Å². The van der Waals surface area contributed by atoms with E-state index in [1.807, 2.05) is 4.57 Å². The van der Waals surface area contributed by atoms with E-state index in [1.54, 1.807) is 17.6 Å². The van der Waals surface area contributed by atoms with Gasteiger partial charge in [0, 0.05) is 19.0 Å². The molecule has 1 fully saturated rings. The minimum Gasteiger partial charge on any atom is -0.366 e. The summed E-state index contributed by atoms with van der Waals surface area (Å²) in [7, 11) is 0. The molecule has 0 aliphatic carbocycles. The summed E-state index contributed by atoms with van der Waals surface area (Å²) in [5.41, 5.74) is 1.32. The van der Waals surface area contributed by atoms with Gasteiger partial charge in [0.25, 0.3) is 0 Å². The van der Waals surface area contributed by atoms with Crippen LogP contribution in [0.25, 0.3) is 11.2 Å². The van der Waals surface area contributed by atoms with Crippen LogP contribution in [-0.2, 0) is 9.63 Å². The van der Waals surface area contributed by atoms with Crippen molar-refractivity contribution in [2.75, 3.05) is 11.9 Å². The van der Waals surface area contributed by atoms with Crippen molar-refractivity contribution in [2.45, 2.75) is 52.2 Å². The largest absolute Gasteiger partial charge is 0.366 e. The van der Waals surface area contributed by atoms with E-state index in [0.717, 1.165) is 24.0 Å². The molecule has 2 aromatic rings. The fourth-order valence-electron chi connectivity index (χ4n) is 2.71. The van der Waals surface area contributed by atoms with Crippen molar-refractivity contribution in [3.8, 4) is 0 Å². The number of nitrogens with one attached hydrogen (secondary N) is 1. The van der Waals surface area contributed by atoms with Gasteiger partial charge in [0.05, 0.1) is 12.5 Å². The molecule has 1 N–H and O–H groups in total. The number of hydrogen-bond donors (Lipinski definition) is 1. The van der Waals surface area contributed by atoms with Crippen LogP contribution in [0.2, 0.25) is 0 Å². The predicted molar refractivity (Wildman–Crippen MR) is 85.4 cm³/mol. The first-order chi connectivity index (χ1) is 10.8. The highest BCUT2D eigenvalue weighted by atomic mass is 16.7. The van der Waals surface area contributed by atoms with Crippen LogP contribution in [0, 0.1) is 0 Å². The molecule has 23 heavy (non-hydrogen) atoms. The van der Waals surface area contributed by atoms with Crippen LogP contribution >= 0.6 is 0 Å². The molecular weight excluding hydrogens is 296 g/mol. The molecule has 0 unspecified atom stereocenters. The van der Waals surface area contributed by atoms with Crippen molar-refractivity contribution in [3.63, 3.8) is 0 Å². The normalized spacial score (nSPS) is 19.2. The molecule has 0 spiro atoms. The molecule has 2 aromatic heterocycles. The maximum Gasteiger partial charge on any atom is 0.322 e. The number of anilines is 1. The first kappa shape index (κ1) is 15.7. The molecule has 0 aromatic carbocycles. The van der Waals surface area contributed by atoms with Crippen molar-refractivity contribution in [2.24, 2.45) is 0 Å². The van der Waals surface area contributed by atoms with Gasteiger partial charge in [0.1, 0.15) is 11.7 Å². The number of aromatic nitrogens is 4. The lowest BCUT2D eigenvalue weighted by atomic mass is 10.1. The van der Waals surface area contributed by atoms with E-state index in [2.05, 4.69) is 41.0 Å². The molecule has 1 aliphatic rings. The molecule has 8 heteroatoms. The minimum absolute atomic E-state index is 0.0821. The summed E-state index contributed by atoms with van der Waals surface area (Å²) in [6.07, 6.45) is 5.19. The number of nitrogens with zero attached hydrogens (tertiary/aromatic N) is 5. The zero-order valence-corrected chi connectivity index (χ0v) is 13.9. The Bertz CT molecular complexity index is 720. The van der Waals surface area contributed by atoms with Gasteiger partial charge in [-0.3, -0.25) is 9.36 Å². The van der Waals surface area contributed by atoms with E-state index in [1.165, 1.54) is 6.92 Å². The summed E-state index contributed by atoms with van der Waals surface area (Å²) in [5, 5.41) is 4.96. The van der Waals surface area contributed by atoms with Crippen molar-refractivity contribution in [1.29, 1.82) is 0 Å². The number of carbonyl (C=O) groups is 1. The Hall–Kier alpha value is -2.22. The maximum absolute atomic E-state index is 11.3. The third-order valence-corrected chi connectivity index (χ3v) is 3.54. The molecule has 0 radical (unpaired) electrons. The van der Waals surface area contributed by atoms with Gasteiger partial charge in [-0.2, -0.15) is 4.98 Å². The molecule has 1 saturated heterocycles. The average Bonchev–Trinajstić information content (AvgIpc) is 3.02. The van der Waals surface area contributed by atoms with E-state index in [-0.39, 0.29) is 17.7 Å². The lowest BCUT2D eigenvalue weighted by Crippen LogP contribution is -2.29. The summed E-state index contributed by atoms with van der Waals surface area (Å²) in [6.45, 7) is 8.28. The highest BCUT2D eigenvalue weighted by Crippen LogP contribution is 2.29. The van der Waals surface area contributed by atoms with Crippen LogP contribution in [0.4, 0.5) is 5.95 Å². The van der Waals surface area contributed by atoms with Crippen molar-refractivity contribution in [1.82, 2.24) is 24.6 Å². The zero-order chi connectivity index (χ0) is 16.6. The van der Waals surface area contributed by atoms with Gasteiger partial charge in [-0.05, 0) is 33.6 Å². The van der Waals surface area contributed by atoms with Crippen molar-refractivity contribution >= 4 is 23.1 Å². The maximum atomic E-state index is 11.3. The Balaban J connectivity index is 1.94. The Morgan fingerprint density at radius 3 is 2.87 bits per heavy atom. The summed E-state index contributed by atoms with van der Waals surface area (Å²) >= 11 is 0. The zero-order valence-electron chi connectivity index (χ0n) is 13.9. The Kier molecular flexibility index (Phi) is 3.93. The summed E-state index contributed by atoms with van der Waals surface area (Å²) in [5.74, 6) is 0.245. The van der Waals surface area contributed by atoms with Crippen LogP contribution in [0.5, 0.6) is 0 Å². The van der Waals surface area contributed by atoms with E-state index >= 15 is 0 Å². The highest BCUT2D eigenvalue weighted by molar-refractivity contribution is 5.71. The highest BCUT2D eigenvalue weighted by Gasteiger charge is 2.30. The smallest absolute Gasteiger partial charge is 0.322 e. The SMILES string of the molecule is CC(=O)ON1CCC[C@H]1n1cnc2cnc(NC(C)(C)C)nc21. The number of fused-ring (bicyclic) bond motifs is 1. The fraction of sp³-hybridized carbons (Fsp3) is 0.600. The summed E-state index contributed by atoms with van der Waals surface area (Å²) in [6, 6.07) is 0. The van der Waals surface area contributed by atoms with Gasteiger partial charge in [0.15, 0.2) is 5.65 Å². The van der Waals surface area contributed by atoms with Gasteiger partial charge in [0.2, 0.25) is 5.95 Å². The number of carbonyl (C=O) groups excluding carboxylic acids is 1. The molecule has 0 amide bonds. The fourth-order valence-corrected chi connectivity index (χ4v) is 2.71. The first-order valence-electron chi connectivity index (χ1n) is 7.76. The Morgan fingerprint density at radius 2 is 2.17 bits per heavy atom. The Morgan fingerprint density at radius 1 is 1.39 bits per heavy atom. The van der Waals surface area contributed by atoms with Crippen LogP contribution in [0.15, 0.2) is 12.5 Å². The predicted octanol–water partition coefficient (Wildman–Crippen LogP) is 2.11. The number of imidazole rings is 1. The van der Waals surface area contributed by atoms with E-state index < -0.39 is 0 Å². The van der Waals surface area contributed by atoms with E-state index in [0.29, 0.717) is 12.5 Å². The Labute approximate surface area is 134 Å². The second-order valence-corrected chi connectivity index (χ2v) is 6.78.